The minimum atomic E-state index is -0.338. The molecule has 0 amide bonds. The first-order chi connectivity index (χ1) is 11.2. The lowest BCUT2D eigenvalue weighted by Crippen LogP contribution is -2.39. The molecule has 6 nitrogen and oxygen atoms in total. The van der Waals surface area contributed by atoms with Crippen molar-refractivity contribution in [3.8, 4) is 0 Å². The van der Waals surface area contributed by atoms with Crippen LogP contribution in [0.1, 0.15) is 17.4 Å². The lowest BCUT2D eigenvalue weighted by molar-refractivity contribution is 0.0373. The first-order valence-corrected chi connectivity index (χ1v) is 7.42. The Morgan fingerprint density at radius 2 is 2.13 bits per heavy atom. The molecule has 0 unspecified atom stereocenters. The molecule has 0 N–H and O–H groups in total. The van der Waals surface area contributed by atoms with E-state index in [4.69, 9.17) is 9.26 Å². The molecule has 0 saturated carbocycles. The summed E-state index contributed by atoms with van der Waals surface area (Å²) in [5, 5.41) is 4.74. The summed E-state index contributed by atoms with van der Waals surface area (Å²) in [5.74, 6) is 0.492. The van der Waals surface area contributed by atoms with Crippen LogP contribution in [0.25, 0.3) is 11.1 Å². The molecule has 1 aliphatic rings. The third-order valence-electron chi connectivity index (χ3n) is 4.04. The highest BCUT2D eigenvalue weighted by atomic mass is 19.1. The number of benzene rings is 1. The van der Waals surface area contributed by atoms with Crippen LogP contribution in [-0.2, 0) is 4.74 Å². The first kappa shape index (κ1) is 14.1. The predicted molar refractivity (Wildman–Crippen MR) is 81.6 cm³/mol. The summed E-state index contributed by atoms with van der Waals surface area (Å²) in [5.41, 5.74) is 1.76. The van der Waals surface area contributed by atoms with E-state index >= 15 is 0 Å². The van der Waals surface area contributed by atoms with Gasteiger partial charge in [-0.05, 0) is 13.0 Å². The third kappa shape index (κ3) is 2.43. The second kappa shape index (κ2) is 5.58. The molecule has 4 rings (SSSR count). The monoisotopic (exact) mass is 314 g/mol. The topological polar surface area (TPSA) is 64.3 Å². The maximum atomic E-state index is 14.0. The van der Waals surface area contributed by atoms with Crippen molar-refractivity contribution in [3.05, 3.63) is 47.7 Å². The molecule has 0 aliphatic carbocycles. The van der Waals surface area contributed by atoms with E-state index in [2.05, 4.69) is 20.0 Å². The number of aryl methyl sites for hydroxylation is 1. The van der Waals surface area contributed by atoms with Gasteiger partial charge in [0.25, 0.3) is 5.71 Å². The molecule has 1 saturated heterocycles. The molecule has 2 aromatic heterocycles. The maximum Gasteiger partial charge on any atom is 0.263 e. The van der Waals surface area contributed by atoms with E-state index in [-0.39, 0.29) is 11.9 Å². The van der Waals surface area contributed by atoms with Gasteiger partial charge in [-0.25, -0.2) is 9.37 Å². The number of anilines is 1. The summed E-state index contributed by atoms with van der Waals surface area (Å²) in [7, 11) is 0. The zero-order valence-electron chi connectivity index (χ0n) is 12.6. The van der Waals surface area contributed by atoms with Crippen molar-refractivity contribution in [1.29, 1.82) is 0 Å². The second-order valence-electron chi connectivity index (χ2n) is 5.47. The average Bonchev–Trinajstić information content (AvgIpc) is 2.97. The lowest BCUT2D eigenvalue weighted by Gasteiger charge is -2.34. The minimum Gasteiger partial charge on any atom is -0.370 e. The van der Waals surface area contributed by atoms with Crippen LogP contribution in [0.2, 0.25) is 0 Å². The molecule has 0 spiro atoms. The highest BCUT2D eigenvalue weighted by molar-refractivity contribution is 5.87. The minimum absolute atomic E-state index is 0.256. The van der Waals surface area contributed by atoms with E-state index < -0.39 is 0 Å². The van der Waals surface area contributed by atoms with Crippen molar-refractivity contribution in [1.82, 2.24) is 15.1 Å². The van der Waals surface area contributed by atoms with Gasteiger partial charge in [-0.15, -0.1) is 0 Å². The van der Waals surface area contributed by atoms with Crippen LogP contribution in [-0.4, -0.2) is 34.8 Å². The maximum absolute atomic E-state index is 14.0. The number of rotatable bonds is 2. The lowest BCUT2D eigenvalue weighted by atomic mass is 10.1. The smallest absolute Gasteiger partial charge is 0.263 e. The molecule has 1 aliphatic heterocycles. The van der Waals surface area contributed by atoms with Crippen LogP contribution in [0.15, 0.2) is 35.1 Å². The van der Waals surface area contributed by atoms with E-state index in [1.807, 2.05) is 13.0 Å². The van der Waals surface area contributed by atoms with Gasteiger partial charge in [0.05, 0.1) is 12.3 Å². The number of halogens is 1. The number of hydrogen-bond acceptors (Lipinski definition) is 6. The fourth-order valence-corrected chi connectivity index (χ4v) is 2.91. The zero-order valence-corrected chi connectivity index (χ0v) is 12.6. The summed E-state index contributed by atoms with van der Waals surface area (Å²) in [4.78, 5) is 10.5. The zero-order chi connectivity index (χ0) is 15.8. The van der Waals surface area contributed by atoms with Gasteiger partial charge < -0.3 is 14.2 Å². The van der Waals surface area contributed by atoms with Crippen molar-refractivity contribution < 1.29 is 13.7 Å². The summed E-state index contributed by atoms with van der Waals surface area (Å²) >= 11 is 0. The molecule has 1 fully saturated rings. The molecular formula is C16H15FN4O2. The largest absolute Gasteiger partial charge is 0.370 e. The SMILES string of the molecule is Cc1noc2ncnc(N3CCO[C@@H](c4ccccc4F)C3)c12. The molecule has 1 aromatic carbocycles. The fourth-order valence-electron chi connectivity index (χ4n) is 2.91. The van der Waals surface area contributed by atoms with Crippen molar-refractivity contribution in [3.63, 3.8) is 0 Å². The summed E-state index contributed by atoms with van der Waals surface area (Å²) in [6.45, 7) is 3.53. The van der Waals surface area contributed by atoms with Gasteiger partial charge in [0, 0.05) is 18.7 Å². The van der Waals surface area contributed by atoms with Gasteiger partial charge in [0.15, 0.2) is 0 Å². The second-order valence-corrected chi connectivity index (χ2v) is 5.47. The molecule has 1 atom stereocenters. The van der Waals surface area contributed by atoms with E-state index in [9.17, 15) is 4.39 Å². The van der Waals surface area contributed by atoms with Crippen LogP contribution in [0.4, 0.5) is 10.2 Å². The van der Waals surface area contributed by atoms with Crippen LogP contribution >= 0.6 is 0 Å². The number of morpholine rings is 1. The van der Waals surface area contributed by atoms with Crippen molar-refractivity contribution in [2.75, 3.05) is 24.6 Å². The summed E-state index contributed by atoms with van der Waals surface area (Å²) in [6.07, 6.45) is 1.12. The van der Waals surface area contributed by atoms with Crippen molar-refractivity contribution >= 4 is 16.9 Å². The van der Waals surface area contributed by atoms with Crippen LogP contribution in [0.3, 0.4) is 0 Å². The number of aromatic nitrogens is 3. The Morgan fingerprint density at radius 1 is 1.26 bits per heavy atom. The molecule has 118 valence electrons. The van der Waals surface area contributed by atoms with Gasteiger partial charge in [-0.3, -0.25) is 0 Å². The normalized spacial score (nSPS) is 18.5. The van der Waals surface area contributed by atoms with Gasteiger partial charge in [-0.2, -0.15) is 4.98 Å². The Kier molecular flexibility index (Phi) is 3.42. The van der Waals surface area contributed by atoms with Gasteiger partial charge in [0.1, 0.15) is 29.5 Å². The molecule has 3 aromatic rings. The van der Waals surface area contributed by atoms with E-state index in [0.717, 1.165) is 16.9 Å². The molecule has 0 radical (unpaired) electrons. The number of hydrogen-bond donors (Lipinski definition) is 0. The third-order valence-corrected chi connectivity index (χ3v) is 4.04. The Morgan fingerprint density at radius 3 is 3.00 bits per heavy atom. The van der Waals surface area contributed by atoms with Crippen LogP contribution in [0.5, 0.6) is 0 Å². The standard InChI is InChI=1S/C16H15FN4O2/c1-10-14-15(18-9-19-16(14)23-20-10)21-6-7-22-13(8-21)11-4-2-3-5-12(11)17/h2-5,9,13H,6-8H2,1H3/t13-/m1/s1. The predicted octanol–water partition coefficient (Wildman–Crippen LogP) is 2.64. The van der Waals surface area contributed by atoms with Crippen LogP contribution in [0, 0.1) is 12.7 Å². The van der Waals surface area contributed by atoms with Crippen molar-refractivity contribution in [2.45, 2.75) is 13.0 Å². The molecular weight excluding hydrogens is 299 g/mol. The quantitative estimate of drug-likeness (QED) is 0.724. The van der Waals surface area contributed by atoms with E-state index in [0.29, 0.717) is 31.0 Å². The molecule has 23 heavy (non-hydrogen) atoms. The first-order valence-electron chi connectivity index (χ1n) is 7.42. The van der Waals surface area contributed by atoms with Gasteiger partial charge in [0.2, 0.25) is 0 Å². The number of ether oxygens (including phenoxy) is 1. The Hall–Kier alpha value is -2.54. The summed E-state index contributed by atoms with van der Waals surface area (Å²) < 4.78 is 25.0. The highest BCUT2D eigenvalue weighted by Gasteiger charge is 2.27. The molecule has 7 heteroatoms. The van der Waals surface area contributed by atoms with Gasteiger partial charge in [-0.1, -0.05) is 23.4 Å². The Bertz CT molecular complexity index is 851. The summed E-state index contributed by atoms with van der Waals surface area (Å²) in [6, 6.07) is 6.69. The Balaban J connectivity index is 1.69. The number of nitrogens with zero attached hydrogens (tertiary/aromatic N) is 4. The average molecular weight is 314 g/mol. The van der Waals surface area contributed by atoms with E-state index in [1.54, 1.807) is 12.1 Å². The van der Waals surface area contributed by atoms with E-state index in [1.165, 1.54) is 12.4 Å². The molecule has 0 bridgehead atoms. The number of fused-ring (bicyclic) bond motifs is 1. The molecule has 3 heterocycles. The van der Waals surface area contributed by atoms with Crippen molar-refractivity contribution in [2.24, 2.45) is 0 Å². The Labute approximate surface area is 131 Å². The highest BCUT2D eigenvalue weighted by Crippen LogP contribution is 2.31. The van der Waals surface area contributed by atoms with Gasteiger partial charge >= 0.3 is 0 Å². The fraction of sp³-hybridized carbons (Fsp3) is 0.312. The van der Waals surface area contributed by atoms with Crippen LogP contribution < -0.4 is 4.90 Å².